The topological polar surface area (TPSA) is 134 Å². The van der Waals surface area contributed by atoms with Crippen LogP contribution in [0.4, 0.5) is 10.5 Å². The standard InChI is InChI=1S/C26H30N4O6/c1-4-26(5-2)24(34)30(25(35)29-26)15-22(32)36-16-21(31)28-20-14-10-9-13-19(20)23(33)27-17(3)18-11-7-6-8-12-18/h6-14,17H,4-5,15-16H2,1-3H3,(H,27,33)(H,28,31)(H,29,35). The molecule has 190 valence electrons. The van der Waals surface area contributed by atoms with Crippen LogP contribution in [0.15, 0.2) is 54.6 Å². The average Bonchev–Trinajstić information content (AvgIpc) is 3.12. The van der Waals surface area contributed by atoms with Crippen LogP contribution in [-0.4, -0.2) is 53.3 Å². The van der Waals surface area contributed by atoms with Gasteiger partial charge in [0.1, 0.15) is 12.1 Å². The van der Waals surface area contributed by atoms with E-state index in [4.69, 9.17) is 4.74 Å². The Kier molecular flexibility index (Phi) is 8.42. The lowest BCUT2D eigenvalue weighted by Gasteiger charge is -2.22. The molecule has 1 saturated heterocycles. The van der Waals surface area contributed by atoms with Crippen LogP contribution >= 0.6 is 0 Å². The zero-order valence-corrected chi connectivity index (χ0v) is 20.5. The summed E-state index contributed by atoms with van der Waals surface area (Å²) < 4.78 is 4.97. The molecule has 0 spiro atoms. The number of carbonyl (C=O) groups is 5. The van der Waals surface area contributed by atoms with Gasteiger partial charge in [-0.1, -0.05) is 56.3 Å². The lowest BCUT2D eigenvalue weighted by molar-refractivity contribution is -0.150. The fourth-order valence-corrected chi connectivity index (χ4v) is 3.95. The van der Waals surface area contributed by atoms with E-state index in [0.29, 0.717) is 12.8 Å². The number of nitrogens with one attached hydrogen (secondary N) is 3. The Hall–Kier alpha value is -4.21. The predicted octanol–water partition coefficient (Wildman–Crippen LogP) is 2.77. The van der Waals surface area contributed by atoms with E-state index in [2.05, 4.69) is 16.0 Å². The summed E-state index contributed by atoms with van der Waals surface area (Å²) >= 11 is 0. The van der Waals surface area contributed by atoms with Crippen LogP contribution in [0.25, 0.3) is 0 Å². The van der Waals surface area contributed by atoms with E-state index in [0.717, 1.165) is 10.5 Å². The van der Waals surface area contributed by atoms with Crippen molar-refractivity contribution in [2.45, 2.75) is 45.2 Å². The van der Waals surface area contributed by atoms with E-state index in [1.807, 2.05) is 37.3 Å². The molecule has 0 saturated carbocycles. The highest BCUT2D eigenvalue weighted by Gasteiger charge is 2.49. The average molecular weight is 495 g/mol. The molecular formula is C26H30N4O6. The molecule has 0 aromatic heterocycles. The number of rotatable bonds is 10. The minimum absolute atomic E-state index is 0.245. The Balaban J connectivity index is 1.55. The quantitative estimate of drug-likeness (QED) is 0.344. The van der Waals surface area contributed by atoms with Crippen LogP contribution < -0.4 is 16.0 Å². The van der Waals surface area contributed by atoms with Crippen molar-refractivity contribution in [3.05, 3.63) is 65.7 Å². The summed E-state index contributed by atoms with van der Waals surface area (Å²) in [6.07, 6.45) is 0.776. The molecule has 0 aliphatic carbocycles. The number of benzene rings is 2. The number of esters is 1. The summed E-state index contributed by atoms with van der Waals surface area (Å²) in [4.78, 5) is 63.0. The van der Waals surface area contributed by atoms with Crippen molar-refractivity contribution < 1.29 is 28.7 Å². The molecule has 10 heteroatoms. The van der Waals surface area contributed by atoms with Crippen molar-refractivity contribution in [1.82, 2.24) is 15.5 Å². The van der Waals surface area contributed by atoms with Gasteiger partial charge in [0, 0.05) is 0 Å². The van der Waals surface area contributed by atoms with E-state index in [9.17, 15) is 24.0 Å². The second-order valence-corrected chi connectivity index (χ2v) is 8.47. The van der Waals surface area contributed by atoms with Gasteiger partial charge in [-0.05, 0) is 37.5 Å². The van der Waals surface area contributed by atoms with Gasteiger partial charge in [-0.15, -0.1) is 0 Å². The second-order valence-electron chi connectivity index (χ2n) is 8.47. The first-order valence-corrected chi connectivity index (χ1v) is 11.7. The Morgan fingerprint density at radius 2 is 1.64 bits per heavy atom. The van der Waals surface area contributed by atoms with Crippen LogP contribution in [0.1, 0.15) is 55.6 Å². The summed E-state index contributed by atoms with van der Waals surface area (Å²) in [5.74, 6) is -2.45. The summed E-state index contributed by atoms with van der Waals surface area (Å²) in [6, 6.07) is 15.0. The molecule has 1 aliphatic rings. The van der Waals surface area contributed by atoms with E-state index >= 15 is 0 Å². The molecule has 2 aromatic rings. The zero-order chi connectivity index (χ0) is 26.3. The van der Waals surface area contributed by atoms with Crippen molar-refractivity contribution in [3.63, 3.8) is 0 Å². The third-order valence-electron chi connectivity index (χ3n) is 6.20. The first-order valence-electron chi connectivity index (χ1n) is 11.7. The van der Waals surface area contributed by atoms with Gasteiger partial charge in [0.2, 0.25) is 0 Å². The predicted molar refractivity (Wildman–Crippen MR) is 132 cm³/mol. The number of imide groups is 1. The summed E-state index contributed by atoms with van der Waals surface area (Å²) in [5.41, 5.74) is 0.396. The number of ether oxygens (including phenoxy) is 1. The van der Waals surface area contributed by atoms with Gasteiger partial charge in [0.05, 0.1) is 17.3 Å². The highest BCUT2D eigenvalue weighted by molar-refractivity contribution is 6.09. The second kappa shape index (κ2) is 11.5. The molecule has 0 radical (unpaired) electrons. The van der Waals surface area contributed by atoms with Crippen LogP contribution in [0.2, 0.25) is 0 Å². The number of nitrogens with zero attached hydrogens (tertiary/aromatic N) is 1. The first-order chi connectivity index (χ1) is 17.2. The monoisotopic (exact) mass is 494 g/mol. The van der Waals surface area contributed by atoms with Crippen LogP contribution in [0.3, 0.4) is 0 Å². The number of amides is 5. The lowest BCUT2D eigenvalue weighted by atomic mass is 9.93. The van der Waals surface area contributed by atoms with Crippen molar-refractivity contribution in [3.8, 4) is 0 Å². The van der Waals surface area contributed by atoms with Gasteiger partial charge in [0.15, 0.2) is 6.61 Å². The molecule has 36 heavy (non-hydrogen) atoms. The molecule has 10 nitrogen and oxygen atoms in total. The van der Waals surface area contributed by atoms with Gasteiger partial charge in [-0.25, -0.2) is 4.79 Å². The molecule has 1 unspecified atom stereocenters. The molecule has 2 aromatic carbocycles. The smallest absolute Gasteiger partial charge is 0.326 e. The number of urea groups is 1. The van der Waals surface area contributed by atoms with Gasteiger partial charge >= 0.3 is 12.0 Å². The normalized spacial score (nSPS) is 15.1. The highest BCUT2D eigenvalue weighted by atomic mass is 16.5. The van der Waals surface area contributed by atoms with Gasteiger partial charge in [-0.3, -0.25) is 24.1 Å². The molecule has 0 bridgehead atoms. The Labute approximate surface area is 209 Å². The van der Waals surface area contributed by atoms with Crippen molar-refractivity contribution >= 4 is 35.4 Å². The van der Waals surface area contributed by atoms with Crippen LogP contribution in [0.5, 0.6) is 0 Å². The fraction of sp³-hybridized carbons (Fsp3) is 0.346. The third-order valence-corrected chi connectivity index (χ3v) is 6.20. The first kappa shape index (κ1) is 26.4. The van der Waals surface area contributed by atoms with E-state index in [-0.39, 0.29) is 23.2 Å². The van der Waals surface area contributed by atoms with Crippen LogP contribution in [0, 0.1) is 0 Å². The molecule has 5 amide bonds. The summed E-state index contributed by atoms with van der Waals surface area (Å²) in [7, 11) is 0. The lowest BCUT2D eigenvalue weighted by Crippen LogP contribution is -2.46. The Bertz CT molecular complexity index is 1150. The molecule has 1 fully saturated rings. The van der Waals surface area contributed by atoms with E-state index < -0.39 is 42.5 Å². The number of hydrogen-bond acceptors (Lipinski definition) is 6. The van der Waals surface area contributed by atoms with Crippen molar-refractivity contribution in [2.24, 2.45) is 0 Å². The van der Waals surface area contributed by atoms with Gasteiger partial charge in [0.25, 0.3) is 17.7 Å². The minimum Gasteiger partial charge on any atom is -0.454 e. The van der Waals surface area contributed by atoms with Crippen molar-refractivity contribution in [2.75, 3.05) is 18.5 Å². The molecule has 1 aliphatic heterocycles. The zero-order valence-electron chi connectivity index (χ0n) is 20.5. The van der Waals surface area contributed by atoms with E-state index in [1.54, 1.807) is 38.1 Å². The summed E-state index contributed by atoms with van der Waals surface area (Å²) in [5, 5.41) is 8.08. The molecule has 3 N–H and O–H groups in total. The highest BCUT2D eigenvalue weighted by Crippen LogP contribution is 2.24. The van der Waals surface area contributed by atoms with Gasteiger partial charge < -0.3 is 20.7 Å². The summed E-state index contributed by atoms with van der Waals surface area (Å²) in [6.45, 7) is 4.15. The minimum atomic E-state index is -1.03. The maximum absolute atomic E-state index is 12.8. The number of para-hydroxylation sites is 1. The Morgan fingerprint density at radius 3 is 2.28 bits per heavy atom. The largest absolute Gasteiger partial charge is 0.454 e. The molecule has 1 heterocycles. The van der Waals surface area contributed by atoms with E-state index in [1.165, 1.54) is 0 Å². The van der Waals surface area contributed by atoms with Gasteiger partial charge in [-0.2, -0.15) is 0 Å². The third kappa shape index (κ3) is 5.88. The molecular weight excluding hydrogens is 464 g/mol. The van der Waals surface area contributed by atoms with Crippen molar-refractivity contribution in [1.29, 1.82) is 0 Å². The van der Waals surface area contributed by atoms with Crippen LogP contribution in [-0.2, 0) is 19.1 Å². The molecule has 1 atom stereocenters. The maximum Gasteiger partial charge on any atom is 0.326 e. The fourth-order valence-electron chi connectivity index (χ4n) is 3.95. The molecule has 3 rings (SSSR count). The maximum atomic E-state index is 12.8. The number of hydrogen-bond donors (Lipinski definition) is 3. The SMILES string of the molecule is CCC1(CC)NC(=O)N(CC(=O)OCC(=O)Nc2ccccc2C(=O)NC(C)c2ccccc2)C1=O. The Morgan fingerprint density at radius 1 is 1.00 bits per heavy atom. The number of anilines is 1. The number of carbonyl (C=O) groups excluding carboxylic acids is 5.